The van der Waals surface area contributed by atoms with E-state index in [-0.39, 0.29) is 12.0 Å². The molecule has 1 aromatic carbocycles. The van der Waals surface area contributed by atoms with Crippen molar-refractivity contribution in [3.05, 3.63) is 41.3 Å². The van der Waals surface area contributed by atoms with Gasteiger partial charge in [0.15, 0.2) is 34.9 Å². The maximum Gasteiger partial charge on any atom is 0.224 e. The fourth-order valence-electron chi connectivity index (χ4n) is 1.50. The number of anilines is 3. The standard InChI is InChI=1S/C12H9F5N4/c1-2-18-12-19-4-7(15)11(21-12)20-10-8(16)5(13)3-6(14)9(10)17/h3-4H,2H2,1H3,(H2,18,19,20,21). The Morgan fingerprint density at radius 1 is 1.00 bits per heavy atom. The molecule has 9 heteroatoms. The topological polar surface area (TPSA) is 49.8 Å². The summed E-state index contributed by atoms with van der Waals surface area (Å²) < 4.78 is 66.6. The highest BCUT2D eigenvalue weighted by molar-refractivity contribution is 5.59. The van der Waals surface area contributed by atoms with Crippen molar-refractivity contribution in [2.45, 2.75) is 6.92 Å². The molecule has 0 amide bonds. The molecule has 0 fully saturated rings. The molecule has 0 saturated carbocycles. The molecule has 21 heavy (non-hydrogen) atoms. The highest BCUT2D eigenvalue weighted by atomic mass is 19.2. The molecule has 0 atom stereocenters. The van der Waals surface area contributed by atoms with Crippen molar-refractivity contribution in [2.75, 3.05) is 17.2 Å². The van der Waals surface area contributed by atoms with E-state index >= 15 is 0 Å². The molecule has 112 valence electrons. The van der Waals surface area contributed by atoms with Crippen LogP contribution in [0.3, 0.4) is 0 Å². The predicted octanol–water partition coefficient (Wildman–Crippen LogP) is 3.35. The van der Waals surface area contributed by atoms with Gasteiger partial charge in [-0.25, -0.2) is 26.9 Å². The summed E-state index contributed by atoms with van der Waals surface area (Å²) in [6, 6.07) is 0.0518. The van der Waals surface area contributed by atoms with Crippen molar-refractivity contribution in [1.29, 1.82) is 0 Å². The van der Waals surface area contributed by atoms with Crippen LogP contribution in [-0.4, -0.2) is 16.5 Å². The molecule has 0 bridgehead atoms. The number of benzene rings is 1. The van der Waals surface area contributed by atoms with Gasteiger partial charge in [-0.2, -0.15) is 4.98 Å². The van der Waals surface area contributed by atoms with Gasteiger partial charge in [-0.1, -0.05) is 0 Å². The first kappa shape index (κ1) is 14.9. The smallest absolute Gasteiger partial charge is 0.224 e. The Labute approximate surface area is 116 Å². The van der Waals surface area contributed by atoms with Crippen LogP contribution in [0.4, 0.5) is 39.4 Å². The molecule has 2 rings (SSSR count). The second-order valence-electron chi connectivity index (χ2n) is 3.89. The lowest BCUT2D eigenvalue weighted by Gasteiger charge is -2.11. The van der Waals surface area contributed by atoms with E-state index < -0.39 is 40.6 Å². The molecular weight excluding hydrogens is 295 g/mol. The first-order valence-corrected chi connectivity index (χ1v) is 5.80. The third-order valence-corrected chi connectivity index (χ3v) is 2.43. The number of nitrogens with one attached hydrogen (secondary N) is 2. The van der Waals surface area contributed by atoms with Crippen molar-refractivity contribution in [2.24, 2.45) is 0 Å². The summed E-state index contributed by atoms with van der Waals surface area (Å²) in [7, 11) is 0. The summed E-state index contributed by atoms with van der Waals surface area (Å²) in [6.07, 6.45) is 0.749. The average Bonchev–Trinajstić information content (AvgIpc) is 2.45. The lowest BCUT2D eigenvalue weighted by Crippen LogP contribution is -2.08. The largest absolute Gasteiger partial charge is 0.354 e. The van der Waals surface area contributed by atoms with Crippen molar-refractivity contribution in [3.8, 4) is 0 Å². The number of halogens is 5. The van der Waals surface area contributed by atoms with E-state index in [0.29, 0.717) is 6.54 Å². The molecule has 0 saturated heterocycles. The molecule has 0 unspecified atom stereocenters. The van der Waals surface area contributed by atoms with E-state index in [2.05, 4.69) is 15.3 Å². The van der Waals surface area contributed by atoms with E-state index in [9.17, 15) is 22.0 Å². The van der Waals surface area contributed by atoms with E-state index in [1.807, 2.05) is 5.32 Å². The van der Waals surface area contributed by atoms with Crippen LogP contribution in [0.2, 0.25) is 0 Å². The zero-order valence-electron chi connectivity index (χ0n) is 10.6. The fourth-order valence-corrected chi connectivity index (χ4v) is 1.50. The van der Waals surface area contributed by atoms with Gasteiger partial charge in [0.25, 0.3) is 0 Å². The molecule has 0 aliphatic heterocycles. The van der Waals surface area contributed by atoms with E-state index in [0.717, 1.165) is 6.20 Å². The minimum atomic E-state index is -1.68. The second kappa shape index (κ2) is 5.90. The van der Waals surface area contributed by atoms with Crippen LogP contribution in [-0.2, 0) is 0 Å². The van der Waals surface area contributed by atoms with Crippen LogP contribution in [0.1, 0.15) is 6.92 Å². The molecule has 0 aliphatic rings. The minimum Gasteiger partial charge on any atom is -0.354 e. The predicted molar refractivity (Wildman–Crippen MR) is 65.7 cm³/mol. The number of aromatic nitrogens is 2. The van der Waals surface area contributed by atoms with Crippen LogP contribution in [0.5, 0.6) is 0 Å². The molecule has 1 aromatic heterocycles. The average molecular weight is 304 g/mol. The van der Waals surface area contributed by atoms with Crippen molar-refractivity contribution in [1.82, 2.24) is 9.97 Å². The Morgan fingerprint density at radius 3 is 2.19 bits per heavy atom. The van der Waals surface area contributed by atoms with Crippen LogP contribution >= 0.6 is 0 Å². The van der Waals surface area contributed by atoms with E-state index in [1.165, 1.54) is 0 Å². The van der Waals surface area contributed by atoms with Gasteiger partial charge < -0.3 is 10.6 Å². The van der Waals surface area contributed by atoms with E-state index in [1.54, 1.807) is 6.92 Å². The van der Waals surface area contributed by atoms with Gasteiger partial charge in [-0.3, -0.25) is 0 Å². The third kappa shape index (κ3) is 3.01. The van der Waals surface area contributed by atoms with Gasteiger partial charge >= 0.3 is 0 Å². The SMILES string of the molecule is CCNc1ncc(F)c(Nc2c(F)c(F)cc(F)c2F)n1. The van der Waals surface area contributed by atoms with Crippen molar-refractivity contribution < 1.29 is 22.0 Å². The number of rotatable bonds is 4. The molecule has 4 nitrogen and oxygen atoms in total. The summed E-state index contributed by atoms with van der Waals surface area (Å²) in [6.45, 7) is 2.14. The second-order valence-corrected chi connectivity index (χ2v) is 3.89. The van der Waals surface area contributed by atoms with Crippen LogP contribution in [0.25, 0.3) is 0 Å². The van der Waals surface area contributed by atoms with Crippen LogP contribution < -0.4 is 10.6 Å². The molecule has 1 heterocycles. The molecule has 0 spiro atoms. The summed E-state index contributed by atoms with van der Waals surface area (Å²) >= 11 is 0. The van der Waals surface area contributed by atoms with Gasteiger partial charge in [-0.15, -0.1) is 0 Å². The van der Waals surface area contributed by atoms with Crippen molar-refractivity contribution in [3.63, 3.8) is 0 Å². The van der Waals surface area contributed by atoms with E-state index in [4.69, 9.17) is 0 Å². The highest BCUT2D eigenvalue weighted by Gasteiger charge is 2.21. The molecular formula is C12H9F5N4. The number of hydrogen-bond acceptors (Lipinski definition) is 4. The lowest BCUT2D eigenvalue weighted by molar-refractivity contribution is 0.459. The van der Waals surface area contributed by atoms with Crippen molar-refractivity contribution >= 4 is 17.5 Å². The normalized spacial score (nSPS) is 10.6. The monoisotopic (exact) mass is 304 g/mol. The maximum absolute atomic E-state index is 13.5. The first-order chi connectivity index (χ1) is 9.93. The third-order valence-electron chi connectivity index (χ3n) is 2.43. The number of hydrogen-bond donors (Lipinski definition) is 2. The van der Waals surface area contributed by atoms with Crippen LogP contribution in [0.15, 0.2) is 12.3 Å². The highest BCUT2D eigenvalue weighted by Crippen LogP contribution is 2.27. The van der Waals surface area contributed by atoms with Gasteiger partial charge in [0.1, 0.15) is 5.69 Å². The quantitative estimate of drug-likeness (QED) is 0.672. The molecule has 0 radical (unpaired) electrons. The molecule has 2 N–H and O–H groups in total. The molecule has 2 aromatic rings. The minimum absolute atomic E-state index is 0.0147. The lowest BCUT2D eigenvalue weighted by atomic mass is 10.2. The Kier molecular flexibility index (Phi) is 4.20. The summed E-state index contributed by atoms with van der Waals surface area (Å²) in [5, 5.41) is 4.54. The summed E-state index contributed by atoms with van der Waals surface area (Å²) in [5.74, 6) is -8.27. The summed E-state index contributed by atoms with van der Waals surface area (Å²) in [5.41, 5.74) is -1.17. The zero-order valence-corrected chi connectivity index (χ0v) is 10.6. The van der Waals surface area contributed by atoms with Gasteiger partial charge in [-0.05, 0) is 6.92 Å². The molecule has 0 aliphatic carbocycles. The maximum atomic E-state index is 13.5. The fraction of sp³-hybridized carbons (Fsp3) is 0.167. The van der Waals surface area contributed by atoms with Crippen LogP contribution in [0, 0.1) is 29.1 Å². The van der Waals surface area contributed by atoms with Gasteiger partial charge in [0, 0.05) is 12.6 Å². The number of nitrogens with zero attached hydrogens (tertiary/aromatic N) is 2. The summed E-state index contributed by atoms with van der Waals surface area (Å²) in [4.78, 5) is 7.19. The Hall–Kier alpha value is -2.45. The Balaban J connectivity index is 2.45. The zero-order chi connectivity index (χ0) is 15.6. The van der Waals surface area contributed by atoms with Gasteiger partial charge in [0.05, 0.1) is 6.20 Å². The Morgan fingerprint density at radius 2 is 1.62 bits per heavy atom. The first-order valence-electron chi connectivity index (χ1n) is 5.80. The Bertz CT molecular complexity index is 651. The van der Waals surface area contributed by atoms with Gasteiger partial charge in [0.2, 0.25) is 5.95 Å².